The van der Waals surface area contributed by atoms with Crippen LogP contribution in [0, 0.1) is 0 Å². The highest BCUT2D eigenvalue weighted by atomic mass is 16.4. The third-order valence-corrected chi connectivity index (χ3v) is 2.27. The minimum absolute atomic E-state index is 0.0669. The van der Waals surface area contributed by atoms with Gasteiger partial charge in [-0.25, -0.2) is 14.8 Å². The Morgan fingerprint density at radius 2 is 1.67 bits per heavy atom. The summed E-state index contributed by atoms with van der Waals surface area (Å²) in [6.07, 6.45) is 2.72. The number of aromatic carboxylic acids is 1. The summed E-state index contributed by atoms with van der Waals surface area (Å²) >= 11 is 0. The van der Waals surface area contributed by atoms with Crippen LogP contribution in [-0.2, 0) is 0 Å². The van der Waals surface area contributed by atoms with Crippen LogP contribution in [0.25, 0.3) is 11.4 Å². The van der Waals surface area contributed by atoms with Gasteiger partial charge in [-0.2, -0.15) is 0 Å². The lowest BCUT2D eigenvalue weighted by atomic mass is 10.0. The second kappa shape index (κ2) is 4.21. The maximum atomic E-state index is 11.1. The molecule has 2 rings (SSSR count). The monoisotopic (exact) mass is 248 g/mol. The predicted octanol–water partition coefficient (Wildman–Crippen LogP) is 0.959. The number of phenolic OH excluding ortho intramolecular Hbond substituents is 3. The molecule has 0 saturated carbocycles. The molecule has 0 spiro atoms. The quantitative estimate of drug-likeness (QED) is 0.583. The van der Waals surface area contributed by atoms with Crippen molar-refractivity contribution in [2.45, 2.75) is 0 Å². The number of phenols is 3. The molecule has 1 aromatic heterocycles. The topological polar surface area (TPSA) is 124 Å². The highest BCUT2D eigenvalue weighted by molar-refractivity contribution is 5.98. The Kier molecular flexibility index (Phi) is 2.72. The van der Waals surface area contributed by atoms with Crippen molar-refractivity contribution in [3.05, 3.63) is 30.1 Å². The molecule has 18 heavy (non-hydrogen) atoms. The van der Waals surface area contributed by atoms with Gasteiger partial charge in [0.1, 0.15) is 0 Å². The van der Waals surface area contributed by atoms with Crippen molar-refractivity contribution in [1.29, 1.82) is 0 Å². The Morgan fingerprint density at radius 3 is 2.22 bits per heavy atom. The van der Waals surface area contributed by atoms with Gasteiger partial charge >= 0.3 is 5.97 Å². The number of aromatic nitrogens is 2. The molecule has 4 N–H and O–H groups in total. The molecule has 7 nitrogen and oxygen atoms in total. The summed E-state index contributed by atoms with van der Waals surface area (Å²) in [7, 11) is 0. The third-order valence-electron chi connectivity index (χ3n) is 2.27. The van der Waals surface area contributed by atoms with Crippen LogP contribution in [0.15, 0.2) is 24.5 Å². The molecular weight excluding hydrogens is 240 g/mol. The Balaban J connectivity index is 2.80. The van der Waals surface area contributed by atoms with Crippen molar-refractivity contribution in [2.75, 3.05) is 0 Å². The molecule has 0 unspecified atom stereocenters. The molecule has 0 aliphatic heterocycles. The highest BCUT2D eigenvalue weighted by Gasteiger charge is 2.23. The standard InChI is InChI=1S/C11H8N2O5/c14-6-4-5(11(17)18)7(9(16)8(6)15)10-12-2-1-3-13-10/h1-4,14-16H,(H,17,18). The van der Waals surface area contributed by atoms with E-state index in [4.69, 9.17) is 5.11 Å². The first-order valence-corrected chi connectivity index (χ1v) is 4.81. The third kappa shape index (κ3) is 1.77. The number of hydrogen-bond acceptors (Lipinski definition) is 6. The van der Waals surface area contributed by atoms with Gasteiger partial charge in [-0.3, -0.25) is 0 Å². The molecule has 2 aromatic rings. The fraction of sp³-hybridized carbons (Fsp3) is 0. The van der Waals surface area contributed by atoms with E-state index in [2.05, 4.69) is 9.97 Å². The van der Waals surface area contributed by atoms with Crippen LogP contribution in [0.3, 0.4) is 0 Å². The van der Waals surface area contributed by atoms with Crippen LogP contribution in [0.1, 0.15) is 10.4 Å². The minimum atomic E-state index is -1.39. The van der Waals surface area contributed by atoms with E-state index in [-0.39, 0.29) is 11.4 Å². The number of aromatic hydroxyl groups is 3. The zero-order valence-corrected chi connectivity index (χ0v) is 8.90. The first-order valence-electron chi connectivity index (χ1n) is 4.81. The molecule has 0 saturated heterocycles. The molecule has 92 valence electrons. The van der Waals surface area contributed by atoms with E-state index in [1.807, 2.05) is 0 Å². The molecule has 0 aliphatic rings. The lowest BCUT2D eigenvalue weighted by molar-refractivity contribution is 0.0696. The summed E-state index contributed by atoms with van der Waals surface area (Å²) in [4.78, 5) is 18.6. The second-order valence-corrected chi connectivity index (χ2v) is 3.39. The van der Waals surface area contributed by atoms with E-state index < -0.39 is 28.8 Å². The zero-order valence-electron chi connectivity index (χ0n) is 8.90. The second-order valence-electron chi connectivity index (χ2n) is 3.39. The molecular formula is C11H8N2O5. The Hall–Kier alpha value is -2.83. The van der Waals surface area contributed by atoms with Crippen molar-refractivity contribution in [2.24, 2.45) is 0 Å². The van der Waals surface area contributed by atoms with Crippen molar-refractivity contribution in [1.82, 2.24) is 9.97 Å². The summed E-state index contributed by atoms with van der Waals surface area (Å²) in [5.74, 6) is -3.78. The maximum Gasteiger partial charge on any atom is 0.336 e. The van der Waals surface area contributed by atoms with Gasteiger partial charge in [0.05, 0.1) is 11.1 Å². The van der Waals surface area contributed by atoms with E-state index >= 15 is 0 Å². The largest absolute Gasteiger partial charge is 0.504 e. The number of rotatable bonds is 2. The molecule has 1 aromatic carbocycles. The molecule has 1 heterocycles. The van der Waals surface area contributed by atoms with Crippen molar-refractivity contribution < 1.29 is 25.2 Å². The SMILES string of the molecule is O=C(O)c1cc(O)c(O)c(O)c1-c1ncccn1. The van der Waals surface area contributed by atoms with Gasteiger partial charge in [0, 0.05) is 12.4 Å². The molecule has 0 amide bonds. The number of carbonyl (C=O) groups is 1. The van der Waals surface area contributed by atoms with Crippen LogP contribution in [0.2, 0.25) is 0 Å². The lowest BCUT2D eigenvalue weighted by Gasteiger charge is -2.09. The van der Waals surface area contributed by atoms with E-state index in [0.717, 1.165) is 6.07 Å². The lowest BCUT2D eigenvalue weighted by Crippen LogP contribution is -2.02. The molecule has 0 bridgehead atoms. The van der Waals surface area contributed by atoms with Crippen molar-refractivity contribution in [3.8, 4) is 28.6 Å². The van der Waals surface area contributed by atoms with Gasteiger partial charge in [0.25, 0.3) is 0 Å². The number of carboxylic acids is 1. The average molecular weight is 248 g/mol. The van der Waals surface area contributed by atoms with E-state index in [9.17, 15) is 20.1 Å². The smallest absolute Gasteiger partial charge is 0.336 e. The first kappa shape index (κ1) is 11.6. The van der Waals surface area contributed by atoms with Crippen LogP contribution < -0.4 is 0 Å². The van der Waals surface area contributed by atoms with E-state index in [1.54, 1.807) is 0 Å². The fourth-order valence-corrected chi connectivity index (χ4v) is 1.47. The van der Waals surface area contributed by atoms with Crippen molar-refractivity contribution in [3.63, 3.8) is 0 Å². The van der Waals surface area contributed by atoms with Gasteiger partial charge in [0.15, 0.2) is 17.3 Å². The minimum Gasteiger partial charge on any atom is -0.504 e. The highest BCUT2D eigenvalue weighted by Crippen LogP contribution is 2.43. The first-order chi connectivity index (χ1) is 8.52. The summed E-state index contributed by atoms with van der Waals surface area (Å²) in [6.45, 7) is 0. The summed E-state index contributed by atoms with van der Waals surface area (Å²) in [5.41, 5.74) is -0.660. The Bertz CT molecular complexity index is 613. The Labute approximate surface area is 101 Å². The normalized spacial score (nSPS) is 10.2. The number of hydrogen-bond donors (Lipinski definition) is 4. The van der Waals surface area contributed by atoms with E-state index in [1.165, 1.54) is 18.5 Å². The molecule has 0 fully saturated rings. The molecule has 7 heteroatoms. The molecule has 0 atom stereocenters. The number of carboxylic acid groups (broad SMARTS) is 1. The van der Waals surface area contributed by atoms with Gasteiger partial charge in [-0.15, -0.1) is 0 Å². The van der Waals surface area contributed by atoms with E-state index in [0.29, 0.717) is 0 Å². The number of benzene rings is 1. The fourth-order valence-electron chi connectivity index (χ4n) is 1.47. The maximum absolute atomic E-state index is 11.1. The van der Waals surface area contributed by atoms with Gasteiger partial charge in [-0.1, -0.05) is 0 Å². The average Bonchev–Trinajstić information content (AvgIpc) is 2.36. The van der Waals surface area contributed by atoms with Crippen LogP contribution >= 0.6 is 0 Å². The molecule has 0 aliphatic carbocycles. The number of nitrogens with zero attached hydrogens (tertiary/aromatic N) is 2. The van der Waals surface area contributed by atoms with Crippen molar-refractivity contribution >= 4 is 5.97 Å². The van der Waals surface area contributed by atoms with Gasteiger partial charge in [0.2, 0.25) is 5.75 Å². The van der Waals surface area contributed by atoms with Crippen LogP contribution in [0.5, 0.6) is 17.2 Å². The van der Waals surface area contributed by atoms with Crippen LogP contribution in [0.4, 0.5) is 0 Å². The van der Waals surface area contributed by atoms with Crippen LogP contribution in [-0.4, -0.2) is 36.4 Å². The Morgan fingerprint density at radius 1 is 1.06 bits per heavy atom. The zero-order chi connectivity index (χ0) is 13.3. The van der Waals surface area contributed by atoms with Gasteiger partial charge in [-0.05, 0) is 12.1 Å². The van der Waals surface area contributed by atoms with Gasteiger partial charge < -0.3 is 20.4 Å². The molecule has 0 radical (unpaired) electrons. The summed E-state index contributed by atoms with van der Waals surface area (Å²) < 4.78 is 0. The summed E-state index contributed by atoms with van der Waals surface area (Å²) in [6, 6.07) is 2.34. The predicted molar refractivity (Wildman–Crippen MR) is 59.4 cm³/mol. The summed E-state index contributed by atoms with van der Waals surface area (Å²) in [5, 5.41) is 37.4.